The Hall–Kier alpha value is -0.0600. The molecule has 2 N–H and O–H groups in total. The quantitative estimate of drug-likeness (QED) is 0.513. The van der Waals surface area contributed by atoms with Crippen LogP contribution >= 0.6 is 22.6 Å². The zero-order valence-corrected chi connectivity index (χ0v) is 6.21. The molecule has 3 heteroatoms. The van der Waals surface area contributed by atoms with E-state index in [-0.39, 0.29) is 0 Å². The Morgan fingerprint density at radius 1 is 1.86 bits per heavy atom. The third-order valence-electron chi connectivity index (χ3n) is 0.494. The number of hydrogen-bond donors (Lipinski definition) is 1. The smallest absolute Gasteiger partial charge is 0.0655 e. The van der Waals surface area contributed by atoms with Gasteiger partial charge in [0, 0.05) is 6.20 Å². The molecule has 0 aromatic heterocycles. The zero-order chi connectivity index (χ0) is 5.70. The first kappa shape index (κ1) is 6.94. The monoisotopic (exact) mass is 210 g/mol. The molecule has 0 aromatic rings. The highest BCUT2D eigenvalue weighted by molar-refractivity contribution is 14.1. The first-order valence-electron chi connectivity index (χ1n) is 1.82. The lowest BCUT2D eigenvalue weighted by atomic mass is 10.6. The highest BCUT2D eigenvalue weighted by atomic mass is 127. The molecule has 7 heavy (non-hydrogen) atoms. The van der Waals surface area contributed by atoms with E-state index < -0.39 is 0 Å². The minimum Gasteiger partial charge on any atom is -0.403 e. The predicted molar refractivity (Wildman–Crippen MR) is 40.5 cm³/mol. The van der Waals surface area contributed by atoms with Gasteiger partial charge in [0.25, 0.3) is 0 Å². The van der Waals surface area contributed by atoms with Crippen LogP contribution in [0.15, 0.2) is 16.9 Å². The molecule has 0 saturated carbocycles. The third-order valence-corrected chi connectivity index (χ3v) is 0.772. The molecule has 0 saturated heterocycles. The summed E-state index contributed by atoms with van der Waals surface area (Å²) in [4.78, 5) is 3.84. The van der Waals surface area contributed by atoms with Gasteiger partial charge in [0.15, 0.2) is 0 Å². The lowest BCUT2D eigenvalue weighted by molar-refractivity contribution is 1.29. The normalized spacial score (nSPS) is 13.1. The Balaban J connectivity index is 3.58. The molecule has 0 spiro atoms. The van der Waals surface area contributed by atoms with Crippen LogP contribution in [0.1, 0.15) is 6.92 Å². The summed E-state index contributed by atoms with van der Waals surface area (Å²) in [7, 11) is 0. The average molecular weight is 210 g/mol. The Morgan fingerprint density at radius 3 is 2.57 bits per heavy atom. The summed E-state index contributed by atoms with van der Waals surface area (Å²) in [5, 5.41) is 0. The largest absolute Gasteiger partial charge is 0.403 e. The van der Waals surface area contributed by atoms with Gasteiger partial charge in [-0.1, -0.05) is 0 Å². The van der Waals surface area contributed by atoms with Crippen LogP contribution < -0.4 is 5.73 Å². The lowest BCUT2D eigenvalue weighted by Crippen LogP contribution is -1.79. The van der Waals surface area contributed by atoms with Gasteiger partial charge in [0.1, 0.15) is 0 Å². The second kappa shape index (κ2) is 4.11. The molecule has 0 bridgehead atoms. The van der Waals surface area contributed by atoms with Gasteiger partial charge in [-0.15, -0.1) is 0 Å². The van der Waals surface area contributed by atoms with E-state index in [1.54, 1.807) is 4.22 Å². The van der Waals surface area contributed by atoms with E-state index in [1.807, 2.05) is 29.5 Å². The van der Waals surface area contributed by atoms with Crippen molar-refractivity contribution in [1.82, 2.24) is 0 Å². The van der Waals surface area contributed by atoms with Crippen LogP contribution in [0.2, 0.25) is 0 Å². The second-order valence-electron chi connectivity index (χ2n) is 1.03. The summed E-state index contributed by atoms with van der Waals surface area (Å²) < 4.78 is 1.68. The van der Waals surface area contributed by atoms with Gasteiger partial charge >= 0.3 is 0 Å². The highest BCUT2D eigenvalue weighted by Gasteiger charge is 1.71. The number of allylic oxidation sites excluding steroid dienone is 1. The number of nitrogens with zero attached hydrogens (tertiary/aromatic N) is 1. The molecule has 0 rings (SSSR count). The van der Waals surface area contributed by atoms with Crippen molar-refractivity contribution in [2.45, 2.75) is 6.92 Å². The fourth-order valence-electron chi connectivity index (χ4n) is 0.120. The topological polar surface area (TPSA) is 38.4 Å². The Morgan fingerprint density at radius 2 is 2.43 bits per heavy atom. The molecular weight excluding hydrogens is 203 g/mol. The molecule has 0 aliphatic rings. The van der Waals surface area contributed by atoms with Gasteiger partial charge < -0.3 is 5.73 Å². The van der Waals surface area contributed by atoms with E-state index in [4.69, 9.17) is 5.73 Å². The van der Waals surface area contributed by atoms with Crippen LogP contribution in [-0.4, -0.2) is 4.22 Å². The molecule has 0 aliphatic heterocycles. The van der Waals surface area contributed by atoms with E-state index in [1.165, 1.54) is 6.20 Å². The molecule has 40 valence electrons. The molecule has 0 fully saturated rings. The number of aliphatic imine (C=N–C) groups is 1. The van der Waals surface area contributed by atoms with Crippen molar-refractivity contribution in [1.29, 1.82) is 0 Å². The maximum absolute atomic E-state index is 5.08. The third kappa shape index (κ3) is 3.78. The fraction of sp³-hybridized carbons (Fsp3) is 0.250. The summed E-state index contributed by atoms with van der Waals surface area (Å²) in [5.74, 6) is 0. The van der Waals surface area contributed by atoms with E-state index in [2.05, 4.69) is 4.99 Å². The molecule has 0 aromatic carbocycles. The molecule has 0 radical (unpaired) electrons. The van der Waals surface area contributed by atoms with Crippen molar-refractivity contribution in [3.05, 3.63) is 11.9 Å². The molecule has 0 unspecified atom stereocenters. The second-order valence-corrected chi connectivity index (χ2v) is 1.59. The molecule has 0 aliphatic carbocycles. The van der Waals surface area contributed by atoms with Crippen LogP contribution in [-0.2, 0) is 0 Å². The van der Waals surface area contributed by atoms with Crippen molar-refractivity contribution >= 4 is 26.8 Å². The van der Waals surface area contributed by atoms with Crippen LogP contribution in [0, 0.1) is 0 Å². The van der Waals surface area contributed by atoms with Crippen LogP contribution in [0.4, 0.5) is 0 Å². The van der Waals surface area contributed by atoms with Crippen molar-refractivity contribution in [3.8, 4) is 0 Å². The maximum atomic E-state index is 5.08. The summed E-state index contributed by atoms with van der Waals surface area (Å²) in [6.07, 6.45) is 1.47. The standard InChI is InChI=1S/C4H7IN2/c1-4(2-6)7-3-5/h2-3H,6H2,1H3/b4-2-,7-3-. The van der Waals surface area contributed by atoms with E-state index in [9.17, 15) is 0 Å². The molecule has 0 atom stereocenters. The molecule has 2 nitrogen and oxygen atoms in total. The van der Waals surface area contributed by atoms with Gasteiger partial charge in [0.2, 0.25) is 0 Å². The van der Waals surface area contributed by atoms with Crippen molar-refractivity contribution in [2.75, 3.05) is 0 Å². The van der Waals surface area contributed by atoms with E-state index >= 15 is 0 Å². The van der Waals surface area contributed by atoms with Gasteiger partial charge in [-0.25, -0.2) is 0 Å². The molecule has 0 heterocycles. The Kier molecular flexibility index (Phi) is 4.07. The van der Waals surface area contributed by atoms with Gasteiger partial charge in [-0.2, -0.15) is 0 Å². The summed E-state index contributed by atoms with van der Waals surface area (Å²) in [5.41, 5.74) is 5.92. The maximum Gasteiger partial charge on any atom is 0.0655 e. The lowest BCUT2D eigenvalue weighted by Gasteiger charge is -1.81. The van der Waals surface area contributed by atoms with Crippen LogP contribution in [0.25, 0.3) is 0 Å². The van der Waals surface area contributed by atoms with Crippen LogP contribution in [0.5, 0.6) is 0 Å². The average Bonchev–Trinajstić information content (AvgIpc) is 1.68. The summed E-state index contributed by atoms with van der Waals surface area (Å²) in [6, 6.07) is 0. The molecule has 0 amide bonds. The van der Waals surface area contributed by atoms with Crippen molar-refractivity contribution in [3.63, 3.8) is 0 Å². The first-order valence-corrected chi connectivity index (χ1v) is 3.07. The number of nitrogens with two attached hydrogens (primary N) is 1. The fourth-order valence-corrected chi connectivity index (χ4v) is 0.559. The minimum atomic E-state index is 0.842. The Bertz CT molecular complexity index is 95.9. The Labute approximate surface area is 56.6 Å². The van der Waals surface area contributed by atoms with Crippen molar-refractivity contribution in [2.24, 2.45) is 10.7 Å². The van der Waals surface area contributed by atoms with E-state index in [0.717, 1.165) is 5.70 Å². The predicted octanol–water partition coefficient (Wildman–Crippen LogP) is 1.27. The summed E-state index contributed by atoms with van der Waals surface area (Å²) in [6.45, 7) is 1.84. The highest BCUT2D eigenvalue weighted by Crippen LogP contribution is 1.89. The minimum absolute atomic E-state index is 0.842. The number of rotatable bonds is 1. The summed E-state index contributed by atoms with van der Waals surface area (Å²) >= 11 is 2.04. The SMILES string of the molecule is CC(=C/N)/N=C\I. The molecular formula is C4H7IN2. The number of hydrogen-bond acceptors (Lipinski definition) is 2. The van der Waals surface area contributed by atoms with Gasteiger partial charge in [0.05, 0.1) is 9.92 Å². The van der Waals surface area contributed by atoms with Crippen molar-refractivity contribution < 1.29 is 0 Å². The van der Waals surface area contributed by atoms with Crippen LogP contribution in [0.3, 0.4) is 0 Å². The van der Waals surface area contributed by atoms with E-state index in [0.29, 0.717) is 0 Å². The van der Waals surface area contributed by atoms with Gasteiger partial charge in [-0.3, -0.25) is 4.99 Å². The zero-order valence-electron chi connectivity index (χ0n) is 4.06. The first-order chi connectivity index (χ1) is 3.31. The number of halogens is 1. The van der Waals surface area contributed by atoms with Gasteiger partial charge in [-0.05, 0) is 29.5 Å².